The van der Waals surface area contributed by atoms with Crippen molar-refractivity contribution in [1.82, 2.24) is 10.6 Å². The van der Waals surface area contributed by atoms with Crippen molar-refractivity contribution in [1.29, 1.82) is 0 Å². The summed E-state index contributed by atoms with van der Waals surface area (Å²) in [6, 6.07) is 0. The highest BCUT2D eigenvalue weighted by molar-refractivity contribution is 4.70. The van der Waals surface area contributed by atoms with E-state index in [1.54, 1.807) is 27.7 Å². The minimum atomic E-state index is -0.913. The van der Waals surface area contributed by atoms with Crippen molar-refractivity contribution in [3.8, 4) is 0 Å². The molecule has 2 N–H and O–H groups in total. The van der Waals surface area contributed by atoms with Crippen molar-refractivity contribution in [2.45, 2.75) is 70.9 Å². The van der Waals surface area contributed by atoms with Crippen LogP contribution in [0.3, 0.4) is 0 Å². The molecule has 0 aliphatic rings. The van der Waals surface area contributed by atoms with Gasteiger partial charge in [0.2, 0.25) is 11.1 Å². The van der Waals surface area contributed by atoms with E-state index in [2.05, 4.69) is 10.6 Å². The van der Waals surface area contributed by atoms with E-state index in [1.165, 1.54) is 0 Å². The maximum atomic E-state index is 10.7. The molecule has 0 amide bonds. The van der Waals surface area contributed by atoms with Crippen LogP contribution in [0.5, 0.6) is 0 Å². The fourth-order valence-electron chi connectivity index (χ4n) is 1.95. The van der Waals surface area contributed by atoms with Gasteiger partial charge in [-0.25, -0.2) is 0 Å². The molecule has 0 aliphatic carbocycles. The number of hydrogen-bond acceptors (Lipinski definition) is 6. The quantitative estimate of drug-likeness (QED) is 0.287. The molecule has 8 nitrogen and oxygen atoms in total. The minimum absolute atomic E-state index is 0.257. The molecule has 0 saturated carbocycles. The van der Waals surface area contributed by atoms with Gasteiger partial charge in [0.1, 0.15) is 0 Å². The first-order valence-electron chi connectivity index (χ1n) is 8.30. The molecule has 0 fully saturated rings. The van der Waals surface area contributed by atoms with E-state index < -0.39 is 11.1 Å². The highest BCUT2D eigenvalue weighted by Gasteiger charge is 2.30. The molecule has 8 heteroatoms. The summed E-state index contributed by atoms with van der Waals surface area (Å²) in [4.78, 5) is 21.0. The Morgan fingerprint density at radius 3 is 1.30 bits per heavy atom. The normalized spacial score (nSPS) is 12.3. The van der Waals surface area contributed by atoms with Crippen LogP contribution in [0.2, 0.25) is 0 Å². The Labute approximate surface area is 138 Å². The second-order valence-corrected chi connectivity index (χ2v) is 7.26. The molecule has 0 atom stereocenters. The Bertz CT molecular complexity index is 338. The van der Waals surface area contributed by atoms with E-state index in [0.29, 0.717) is 13.1 Å². The molecule has 0 radical (unpaired) electrons. The van der Waals surface area contributed by atoms with Crippen molar-refractivity contribution in [2.75, 3.05) is 26.2 Å². The zero-order chi connectivity index (χ0) is 17.9. The number of nitrogens with zero attached hydrogens (tertiary/aromatic N) is 2. The molecule has 0 aromatic rings. The molecule has 0 unspecified atom stereocenters. The van der Waals surface area contributed by atoms with Crippen LogP contribution in [0.25, 0.3) is 0 Å². The van der Waals surface area contributed by atoms with Crippen molar-refractivity contribution in [2.24, 2.45) is 0 Å². The van der Waals surface area contributed by atoms with Crippen LogP contribution in [0.4, 0.5) is 0 Å². The fraction of sp³-hybridized carbons (Fsp3) is 1.00. The molecule has 0 aromatic carbocycles. The third kappa shape index (κ3) is 10.2. The average Bonchev–Trinajstić information content (AvgIpc) is 2.44. The monoisotopic (exact) mass is 332 g/mol. The van der Waals surface area contributed by atoms with Crippen molar-refractivity contribution in [3.05, 3.63) is 20.2 Å². The zero-order valence-electron chi connectivity index (χ0n) is 14.9. The Morgan fingerprint density at radius 2 is 1.00 bits per heavy atom. The molecule has 23 heavy (non-hydrogen) atoms. The number of nitrogens with one attached hydrogen (secondary N) is 2. The third-order valence-corrected chi connectivity index (χ3v) is 3.81. The van der Waals surface area contributed by atoms with Crippen LogP contribution in [0.15, 0.2) is 0 Å². The van der Waals surface area contributed by atoms with E-state index in [4.69, 9.17) is 0 Å². The second-order valence-electron chi connectivity index (χ2n) is 7.26. The number of rotatable bonds is 14. The Morgan fingerprint density at radius 1 is 0.696 bits per heavy atom. The highest BCUT2D eigenvalue weighted by atomic mass is 16.6. The molecule has 136 valence electrons. The van der Waals surface area contributed by atoms with E-state index in [1.807, 2.05) is 0 Å². The lowest BCUT2D eigenvalue weighted by Gasteiger charge is -2.16. The molecule has 0 aromatic heterocycles. The van der Waals surface area contributed by atoms with Crippen molar-refractivity contribution >= 4 is 0 Å². The number of nitro groups is 2. The Hall–Kier alpha value is -1.28. The van der Waals surface area contributed by atoms with E-state index >= 15 is 0 Å². The summed E-state index contributed by atoms with van der Waals surface area (Å²) in [5.41, 5.74) is -1.83. The smallest absolute Gasteiger partial charge is 0.228 e. The lowest BCUT2D eigenvalue weighted by Crippen LogP contribution is -2.42. The van der Waals surface area contributed by atoms with Gasteiger partial charge in [-0.2, -0.15) is 0 Å². The van der Waals surface area contributed by atoms with E-state index in [9.17, 15) is 20.2 Å². The predicted molar refractivity (Wildman–Crippen MR) is 91.0 cm³/mol. The molecule has 0 bridgehead atoms. The predicted octanol–water partition coefficient (Wildman–Crippen LogP) is 2.23. The maximum absolute atomic E-state index is 10.7. The first-order chi connectivity index (χ1) is 10.6. The average molecular weight is 332 g/mol. The lowest BCUT2D eigenvalue weighted by atomic mass is 10.1. The Kier molecular flexibility index (Phi) is 9.90. The van der Waals surface area contributed by atoms with E-state index in [0.717, 1.165) is 45.2 Å². The molecular formula is C15H32N4O4. The lowest BCUT2D eigenvalue weighted by molar-refractivity contribution is -0.558. The van der Waals surface area contributed by atoms with Crippen LogP contribution in [-0.4, -0.2) is 47.1 Å². The van der Waals surface area contributed by atoms with Gasteiger partial charge < -0.3 is 10.6 Å². The third-order valence-electron chi connectivity index (χ3n) is 3.81. The molecular weight excluding hydrogens is 300 g/mol. The highest BCUT2D eigenvalue weighted by Crippen LogP contribution is 2.07. The topological polar surface area (TPSA) is 110 Å². The van der Waals surface area contributed by atoms with Gasteiger partial charge in [0.05, 0.1) is 13.1 Å². The molecule has 0 saturated heterocycles. The van der Waals surface area contributed by atoms with Gasteiger partial charge in [0.15, 0.2) is 0 Å². The SMILES string of the molecule is CC(C)(CNCCCCCCCNCC(C)(C)[N+](=O)[O-])[N+](=O)[O-]. The summed E-state index contributed by atoms with van der Waals surface area (Å²) in [7, 11) is 0. The van der Waals surface area contributed by atoms with Crippen molar-refractivity contribution in [3.63, 3.8) is 0 Å². The molecule has 0 spiro atoms. The maximum Gasteiger partial charge on any atom is 0.228 e. The summed E-state index contributed by atoms with van der Waals surface area (Å²) in [5, 5.41) is 27.7. The number of hydrogen-bond donors (Lipinski definition) is 2. The second kappa shape index (κ2) is 10.5. The van der Waals surface area contributed by atoms with Crippen LogP contribution >= 0.6 is 0 Å². The van der Waals surface area contributed by atoms with Gasteiger partial charge in [0, 0.05) is 37.5 Å². The van der Waals surface area contributed by atoms with Crippen LogP contribution in [0, 0.1) is 20.2 Å². The van der Waals surface area contributed by atoms with Crippen LogP contribution in [0.1, 0.15) is 59.8 Å². The van der Waals surface area contributed by atoms with Crippen molar-refractivity contribution < 1.29 is 9.85 Å². The van der Waals surface area contributed by atoms with Gasteiger partial charge >= 0.3 is 0 Å². The van der Waals surface area contributed by atoms with Gasteiger partial charge in [0.25, 0.3) is 0 Å². The zero-order valence-corrected chi connectivity index (χ0v) is 14.9. The van der Waals surface area contributed by atoms with Crippen LogP contribution in [-0.2, 0) is 0 Å². The first kappa shape index (κ1) is 21.7. The van der Waals surface area contributed by atoms with Gasteiger partial charge in [-0.15, -0.1) is 0 Å². The standard InChI is InChI=1S/C15H32N4O4/c1-14(2,18(20)21)12-16-10-8-6-5-7-9-11-17-13-15(3,4)19(22)23/h16-17H,5-13H2,1-4H3. The molecule has 0 rings (SSSR count). The van der Waals surface area contributed by atoms with Crippen LogP contribution < -0.4 is 10.6 Å². The summed E-state index contributed by atoms with van der Waals surface area (Å²) in [5.74, 6) is 0. The summed E-state index contributed by atoms with van der Waals surface area (Å²) >= 11 is 0. The number of unbranched alkanes of at least 4 members (excludes halogenated alkanes) is 4. The summed E-state index contributed by atoms with van der Waals surface area (Å²) in [6.07, 6.45) is 5.31. The summed E-state index contributed by atoms with van der Waals surface area (Å²) in [6.45, 7) is 8.84. The summed E-state index contributed by atoms with van der Waals surface area (Å²) < 4.78 is 0. The van der Waals surface area contributed by atoms with Gasteiger partial charge in [-0.3, -0.25) is 20.2 Å². The fourth-order valence-corrected chi connectivity index (χ4v) is 1.95. The Balaban J connectivity index is 3.41. The molecule has 0 heterocycles. The van der Waals surface area contributed by atoms with Gasteiger partial charge in [-0.1, -0.05) is 19.3 Å². The largest absolute Gasteiger partial charge is 0.310 e. The van der Waals surface area contributed by atoms with E-state index in [-0.39, 0.29) is 9.85 Å². The minimum Gasteiger partial charge on any atom is -0.310 e. The van der Waals surface area contributed by atoms with Gasteiger partial charge in [-0.05, 0) is 25.9 Å². The first-order valence-corrected chi connectivity index (χ1v) is 8.30. The molecule has 0 aliphatic heterocycles.